The predicted octanol–water partition coefficient (Wildman–Crippen LogP) is 4.37. The fourth-order valence-electron chi connectivity index (χ4n) is 2.17. The fourth-order valence-corrected chi connectivity index (χ4v) is 2.35. The van der Waals surface area contributed by atoms with E-state index in [9.17, 15) is 14.5 Å². The number of halogens is 2. The minimum absolute atomic E-state index is 0.0255. The van der Waals surface area contributed by atoms with Gasteiger partial charge in [-0.25, -0.2) is 19.3 Å². The van der Waals surface area contributed by atoms with Gasteiger partial charge in [0.1, 0.15) is 18.0 Å². The summed E-state index contributed by atoms with van der Waals surface area (Å²) in [6, 6.07) is 7.40. The zero-order chi connectivity index (χ0) is 18.7. The molecule has 0 fully saturated rings. The fraction of sp³-hybridized carbons (Fsp3) is 0.0625. The molecule has 0 aliphatic heterocycles. The Labute approximate surface area is 152 Å². The first-order valence-electron chi connectivity index (χ1n) is 7.36. The van der Waals surface area contributed by atoms with E-state index in [2.05, 4.69) is 25.6 Å². The number of benzene rings is 1. The van der Waals surface area contributed by atoms with E-state index >= 15 is 0 Å². The van der Waals surface area contributed by atoms with Crippen molar-refractivity contribution in [3.8, 4) is 0 Å². The van der Waals surface area contributed by atoms with Crippen molar-refractivity contribution in [2.45, 2.75) is 6.92 Å². The maximum atomic E-state index is 13.3. The number of nitro groups is 1. The number of rotatable bonds is 5. The van der Waals surface area contributed by atoms with E-state index in [-0.39, 0.29) is 22.3 Å². The highest BCUT2D eigenvalue weighted by molar-refractivity contribution is 6.31. The van der Waals surface area contributed by atoms with E-state index < -0.39 is 10.7 Å². The summed E-state index contributed by atoms with van der Waals surface area (Å²) in [4.78, 5) is 22.9. The highest BCUT2D eigenvalue weighted by atomic mass is 35.5. The molecule has 0 amide bonds. The summed E-state index contributed by atoms with van der Waals surface area (Å²) >= 11 is 5.74. The number of hydrogen-bond donors (Lipinski definition) is 2. The molecule has 132 valence electrons. The molecular weight excluding hydrogens is 363 g/mol. The Balaban J connectivity index is 1.99. The summed E-state index contributed by atoms with van der Waals surface area (Å²) in [6.45, 7) is 1.81. The number of anilines is 4. The molecule has 1 aromatic carbocycles. The summed E-state index contributed by atoms with van der Waals surface area (Å²) in [7, 11) is 0. The Morgan fingerprint density at radius 3 is 2.50 bits per heavy atom. The van der Waals surface area contributed by atoms with Crippen LogP contribution in [0.15, 0.2) is 42.9 Å². The maximum absolute atomic E-state index is 13.3. The van der Waals surface area contributed by atoms with Gasteiger partial charge < -0.3 is 10.6 Å². The van der Waals surface area contributed by atoms with Crippen molar-refractivity contribution >= 4 is 40.4 Å². The first-order chi connectivity index (χ1) is 12.5. The molecule has 8 nitrogen and oxygen atoms in total. The quantitative estimate of drug-likeness (QED) is 0.504. The van der Waals surface area contributed by atoms with Crippen molar-refractivity contribution in [2.24, 2.45) is 0 Å². The molecule has 0 spiro atoms. The van der Waals surface area contributed by atoms with Gasteiger partial charge in [0.15, 0.2) is 0 Å². The number of pyridine rings is 1. The van der Waals surface area contributed by atoms with Crippen molar-refractivity contribution in [3.05, 3.63) is 69.4 Å². The molecule has 2 aromatic heterocycles. The molecule has 0 aliphatic rings. The van der Waals surface area contributed by atoms with Crippen LogP contribution in [0.4, 0.5) is 33.2 Å². The van der Waals surface area contributed by atoms with Crippen LogP contribution in [0.5, 0.6) is 0 Å². The molecule has 0 aliphatic carbocycles. The lowest BCUT2D eigenvalue weighted by molar-refractivity contribution is -0.383. The monoisotopic (exact) mass is 374 g/mol. The smallest absolute Gasteiger partial charge is 0.334 e. The van der Waals surface area contributed by atoms with Gasteiger partial charge in [-0.2, -0.15) is 0 Å². The molecule has 0 saturated heterocycles. The number of hydrogen-bond acceptors (Lipinski definition) is 7. The molecule has 2 heterocycles. The van der Waals surface area contributed by atoms with Crippen LogP contribution in [0.3, 0.4) is 0 Å². The summed E-state index contributed by atoms with van der Waals surface area (Å²) in [6.07, 6.45) is 2.73. The number of aromatic nitrogens is 3. The second-order valence-electron chi connectivity index (χ2n) is 5.22. The molecule has 0 atom stereocenters. The zero-order valence-electron chi connectivity index (χ0n) is 13.4. The second kappa shape index (κ2) is 7.28. The van der Waals surface area contributed by atoms with Crippen LogP contribution >= 0.6 is 11.6 Å². The zero-order valence-corrected chi connectivity index (χ0v) is 14.2. The number of nitrogens with one attached hydrogen (secondary N) is 2. The van der Waals surface area contributed by atoms with Gasteiger partial charge in [0.25, 0.3) is 0 Å². The van der Waals surface area contributed by atoms with E-state index in [0.717, 1.165) is 11.6 Å². The normalized spacial score (nSPS) is 10.4. The molecule has 0 bridgehead atoms. The number of nitrogens with zero attached hydrogens (tertiary/aromatic N) is 4. The van der Waals surface area contributed by atoms with Gasteiger partial charge in [-0.3, -0.25) is 10.1 Å². The molecule has 3 aromatic rings. The van der Waals surface area contributed by atoms with E-state index in [1.54, 1.807) is 12.3 Å². The molecule has 2 N–H and O–H groups in total. The summed E-state index contributed by atoms with van der Waals surface area (Å²) in [5, 5.41) is 17.0. The Hall–Kier alpha value is -3.33. The van der Waals surface area contributed by atoms with E-state index in [0.29, 0.717) is 11.5 Å². The largest absolute Gasteiger partial charge is 0.353 e. The Morgan fingerprint density at radius 1 is 1.12 bits per heavy atom. The van der Waals surface area contributed by atoms with Crippen molar-refractivity contribution in [2.75, 3.05) is 10.6 Å². The first-order valence-corrected chi connectivity index (χ1v) is 7.73. The van der Waals surface area contributed by atoms with Crippen molar-refractivity contribution in [3.63, 3.8) is 0 Å². The van der Waals surface area contributed by atoms with Crippen molar-refractivity contribution < 1.29 is 9.31 Å². The maximum Gasteiger partial charge on any atom is 0.353 e. The summed E-state index contributed by atoms with van der Waals surface area (Å²) < 4.78 is 13.3. The SMILES string of the molecule is Cc1cccnc1Nc1ncnc(Nc2ccc(F)c(Cl)c2)c1[N+](=O)[O-]. The van der Waals surface area contributed by atoms with Crippen LogP contribution in [0, 0.1) is 22.9 Å². The molecule has 0 unspecified atom stereocenters. The third-order valence-corrected chi connectivity index (χ3v) is 3.72. The average molecular weight is 375 g/mol. The highest BCUT2D eigenvalue weighted by Gasteiger charge is 2.24. The molecular formula is C16H12ClFN6O2. The first kappa shape index (κ1) is 17.5. The lowest BCUT2D eigenvalue weighted by atomic mass is 10.3. The number of aryl methyl sites for hydroxylation is 1. The molecule has 26 heavy (non-hydrogen) atoms. The van der Waals surface area contributed by atoms with Crippen LogP contribution in [-0.4, -0.2) is 19.9 Å². The van der Waals surface area contributed by atoms with E-state index in [1.807, 2.05) is 13.0 Å². The minimum Gasteiger partial charge on any atom is -0.334 e. The summed E-state index contributed by atoms with van der Waals surface area (Å²) in [5.41, 5.74) is 0.761. The van der Waals surface area contributed by atoms with Crippen molar-refractivity contribution in [1.82, 2.24) is 15.0 Å². The van der Waals surface area contributed by atoms with Crippen LogP contribution in [0.25, 0.3) is 0 Å². The molecule has 0 saturated carbocycles. The van der Waals surface area contributed by atoms with Gasteiger partial charge in [0.2, 0.25) is 11.6 Å². The van der Waals surface area contributed by atoms with Gasteiger partial charge in [-0.1, -0.05) is 17.7 Å². The minimum atomic E-state index is -0.617. The third-order valence-electron chi connectivity index (χ3n) is 3.43. The second-order valence-corrected chi connectivity index (χ2v) is 5.63. The molecule has 3 rings (SSSR count). The lowest BCUT2D eigenvalue weighted by Crippen LogP contribution is -2.06. The highest BCUT2D eigenvalue weighted by Crippen LogP contribution is 2.33. The van der Waals surface area contributed by atoms with Gasteiger partial charge >= 0.3 is 5.69 Å². The standard InChI is InChI=1S/C16H12ClFN6O2/c1-9-3-2-6-19-14(9)23-16-13(24(25)26)15(20-8-21-16)22-10-4-5-12(18)11(17)7-10/h2-8H,1H3,(H2,19,20,21,22,23). The Kier molecular flexibility index (Phi) is 4.90. The average Bonchev–Trinajstić information content (AvgIpc) is 2.60. The third kappa shape index (κ3) is 3.67. The van der Waals surface area contributed by atoms with Crippen molar-refractivity contribution in [1.29, 1.82) is 0 Å². The predicted molar refractivity (Wildman–Crippen MR) is 95.6 cm³/mol. The van der Waals surface area contributed by atoms with E-state index in [1.165, 1.54) is 18.5 Å². The lowest BCUT2D eigenvalue weighted by Gasteiger charge is -2.11. The van der Waals surface area contributed by atoms with Crippen LogP contribution in [0.1, 0.15) is 5.56 Å². The topological polar surface area (TPSA) is 106 Å². The Morgan fingerprint density at radius 2 is 1.85 bits per heavy atom. The Bertz CT molecular complexity index is 985. The molecule has 0 radical (unpaired) electrons. The molecule has 10 heteroatoms. The van der Waals surface area contributed by atoms with Crippen LogP contribution in [-0.2, 0) is 0 Å². The van der Waals surface area contributed by atoms with Gasteiger partial charge in [-0.15, -0.1) is 0 Å². The van der Waals surface area contributed by atoms with Crippen LogP contribution in [0.2, 0.25) is 5.02 Å². The van der Waals surface area contributed by atoms with Gasteiger partial charge in [0, 0.05) is 11.9 Å². The van der Waals surface area contributed by atoms with E-state index in [4.69, 9.17) is 11.6 Å². The van der Waals surface area contributed by atoms with Gasteiger partial charge in [0.05, 0.1) is 9.95 Å². The van der Waals surface area contributed by atoms with Crippen LogP contribution < -0.4 is 10.6 Å². The van der Waals surface area contributed by atoms with Gasteiger partial charge in [-0.05, 0) is 36.8 Å². The summed E-state index contributed by atoms with van der Waals surface area (Å²) in [5.74, 6) is -0.251.